The van der Waals surface area contributed by atoms with Crippen LogP contribution in [0.5, 0.6) is 0 Å². The highest BCUT2D eigenvalue weighted by Crippen LogP contribution is 2.48. The van der Waals surface area contributed by atoms with Gasteiger partial charge in [-0.15, -0.1) is 0 Å². The molecule has 0 spiro atoms. The van der Waals surface area contributed by atoms with Crippen LogP contribution in [-0.4, -0.2) is 90.3 Å². The van der Waals surface area contributed by atoms with Gasteiger partial charge in [0.15, 0.2) is 0 Å². The van der Waals surface area contributed by atoms with Gasteiger partial charge >= 0.3 is 12.2 Å². The van der Waals surface area contributed by atoms with Crippen LogP contribution in [0.15, 0.2) is 18.2 Å². The molecule has 3 N–H and O–H groups in total. The van der Waals surface area contributed by atoms with Crippen molar-refractivity contribution in [2.45, 2.75) is 145 Å². The Kier molecular flexibility index (Phi) is 10.9. The maximum Gasteiger partial charge on any atom is 0.410 e. The number of cyclic esters (lactones) is 1. The van der Waals surface area contributed by atoms with Crippen LogP contribution >= 0.6 is 0 Å². The first-order chi connectivity index (χ1) is 25.4. The number of sulfonamides is 1. The second kappa shape index (κ2) is 15.5. The first-order valence-corrected chi connectivity index (χ1v) is 21.1. The summed E-state index contributed by atoms with van der Waals surface area (Å²) >= 11 is 0. The van der Waals surface area contributed by atoms with Crippen LogP contribution in [-0.2, 0) is 53.4 Å². The normalized spacial score (nSPS) is 31.9. The molecule has 1 aromatic rings. The molecule has 1 aromatic carbocycles. The Bertz CT molecular complexity index is 1720. The summed E-state index contributed by atoms with van der Waals surface area (Å²) in [5, 5.41) is 5.06. The third kappa shape index (κ3) is 8.44. The van der Waals surface area contributed by atoms with Gasteiger partial charge in [0.2, 0.25) is 21.8 Å². The minimum Gasteiger partial charge on any atom is -0.449 e. The van der Waals surface area contributed by atoms with Gasteiger partial charge in [-0.3, -0.25) is 24.0 Å². The summed E-state index contributed by atoms with van der Waals surface area (Å²) in [5.74, 6) is -2.02. The Morgan fingerprint density at radius 3 is 2.45 bits per heavy atom. The second-order valence-electron chi connectivity index (χ2n) is 16.2. The molecule has 4 fully saturated rings. The molecule has 6 aliphatic rings. The van der Waals surface area contributed by atoms with Crippen molar-refractivity contribution < 1.29 is 41.9 Å². The molecule has 5 amide bonds. The first-order valence-electron chi connectivity index (χ1n) is 19.6. The van der Waals surface area contributed by atoms with Crippen LogP contribution in [0, 0.1) is 11.8 Å². The Morgan fingerprint density at radius 2 is 1.66 bits per heavy atom. The van der Waals surface area contributed by atoms with E-state index in [1.54, 1.807) is 4.90 Å². The van der Waals surface area contributed by atoms with Crippen LogP contribution in [0.4, 0.5) is 9.59 Å². The number of carbonyl (C=O) groups is 5. The van der Waals surface area contributed by atoms with Gasteiger partial charge in [-0.05, 0) is 79.9 Å². The van der Waals surface area contributed by atoms with E-state index >= 15 is 0 Å². The Balaban J connectivity index is 1.16. The summed E-state index contributed by atoms with van der Waals surface area (Å²) in [6, 6.07) is 4.01. The third-order valence-electron chi connectivity index (χ3n) is 12.0. The quantitative estimate of drug-likeness (QED) is 0.414. The van der Waals surface area contributed by atoms with Crippen molar-refractivity contribution in [2.75, 3.05) is 13.2 Å². The van der Waals surface area contributed by atoms with Crippen LogP contribution in [0.2, 0.25) is 0 Å². The van der Waals surface area contributed by atoms with E-state index in [2.05, 4.69) is 21.4 Å². The summed E-state index contributed by atoms with van der Waals surface area (Å²) in [5.41, 5.74) is 1.95. The van der Waals surface area contributed by atoms with E-state index in [1.165, 1.54) is 10.5 Å². The summed E-state index contributed by atoms with van der Waals surface area (Å²) in [6.07, 6.45) is 7.77. The summed E-state index contributed by atoms with van der Waals surface area (Å²) in [4.78, 5) is 72.2. The summed E-state index contributed by atoms with van der Waals surface area (Å²) < 4.78 is 39.5. The van der Waals surface area contributed by atoms with Crippen LogP contribution in [0.25, 0.3) is 0 Å². The lowest BCUT2D eigenvalue weighted by Crippen LogP contribution is -2.58. The third-order valence-corrected chi connectivity index (χ3v) is 13.9. The number of alkyl carbamates (subject to hydrolysis) is 1. The predicted octanol–water partition coefficient (Wildman–Crippen LogP) is 3.79. The molecule has 2 saturated carbocycles. The summed E-state index contributed by atoms with van der Waals surface area (Å²) in [6.45, 7) is 2.95. The maximum absolute atomic E-state index is 14.4. The maximum atomic E-state index is 14.4. The lowest BCUT2D eigenvalue weighted by atomic mass is 9.97. The van der Waals surface area contributed by atoms with Gasteiger partial charge in [-0.25, -0.2) is 18.0 Å². The molecule has 4 aliphatic heterocycles. The SMILES string of the molecule is C[C@@H]1CCCCc2cccc3c2CN(C3)C(=O)O[C@@H]2C[C@H]3C(=O)N[C@]4(C(=O)NS(=O)(=O)C5CC5)C[C@H]4CCCCCCC[C@H](NC(=O)OC1)C(=O)N3C2. The van der Waals surface area contributed by atoms with Gasteiger partial charge < -0.3 is 25.0 Å². The number of rotatable bonds is 3. The van der Waals surface area contributed by atoms with Crippen LogP contribution in [0.3, 0.4) is 0 Å². The zero-order valence-electron chi connectivity index (χ0n) is 30.6. The number of ether oxygens (including phenoxy) is 2. The minimum absolute atomic E-state index is 0.0211. The molecule has 6 atom stereocenters. The van der Waals surface area contributed by atoms with Gasteiger partial charge in [-0.1, -0.05) is 63.6 Å². The number of benzene rings is 1. The Labute approximate surface area is 311 Å². The molecular formula is C38H53N5O9S. The molecule has 53 heavy (non-hydrogen) atoms. The summed E-state index contributed by atoms with van der Waals surface area (Å²) in [7, 11) is -3.87. The van der Waals surface area contributed by atoms with Gasteiger partial charge in [0, 0.05) is 19.5 Å². The van der Waals surface area contributed by atoms with Crippen molar-refractivity contribution in [2.24, 2.45) is 11.8 Å². The molecule has 0 unspecified atom stereocenters. The number of nitrogens with zero attached hydrogens (tertiary/aromatic N) is 2. The molecule has 0 aromatic heterocycles. The molecule has 5 bridgehead atoms. The largest absolute Gasteiger partial charge is 0.449 e. The van der Waals surface area contributed by atoms with Crippen molar-refractivity contribution in [3.05, 3.63) is 34.9 Å². The molecule has 2 saturated heterocycles. The van der Waals surface area contributed by atoms with E-state index in [9.17, 15) is 32.4 Å². The Morgan fingerprint density at radius 1 is 0.925 bits per heavy atom. The number of nitrogens with one attached hydrogen (secondary N) is 3. The van der Waals surface area contributed by atoms with Gasteiger partial charge in [0.25, 0.3) is 5.91 Å². The lowest BCUT2D eigenvalue weighted by Gasteiger charge is -2.30. The highest BCUT2D eigenvalue weighted by atomic mass is 32.2. The van der Waals surface area contributed by atoms with Crippen molar-refractivity contribution in [3.8, 4) is 0 Å². The number of aryl methyl sites for hydroxylation is 1. The number of fused-ring (bicyclic) bond motifs is 4. The fraction of sp³-hybridized carbons (Fsp3) is 0.711. The van der Waals surface area contributed by atoms with Crippen LogP contribution < -0.4 is 15.4 Å². The number of carbonyl (C=O) groups excluding carboxylic acids is 5. The molecule has 2 aliphatic carbocycles. The molecule has 4 heterocycles. The molecule has 15 heteroatoms. The van der Waals surface area contributed by atoms with Gasteiger partial charge in [0.05, 0.1) is 18.4 Å². The van der Waals surface area contributed by atoms with Gasteiger partial charge in [0.1, 0.15) is 23.7 Å². The monoisotopic (exact) mass is 755 g/mol. The van der Waals surface area contributed by atoms with E-state index in [-0.39, 0.29) is 37.8 Å². The van der Waals surface area contributed by atoms with Crippen molar-refractivity contribution in [1.29, 1.82) is 0 Å². The number of hydrogen-bond donors (Lipinski definition) is 3. The van der Waals surface area contributed by atoms with E-state index in [0.29, 0.717) is 45.2 Å². The zero-order valence-corrected chi connectivity index (χ0v) is 31.4. The van der Waals surface area contributed by atoms with Crippen molar-refractivity contribution in [3.63, 3.8) is 0 Å². The van der Waals surface area contributed by atoms with Crippen LogP contribution in [0.1, 0.15) is 114 Å². The van der Waals surface area contributed by atoms with E-state index in [1.807, 2.05) is 19.1 Å². The first kappa shape index (κ1) is 37.4. The highest BCUT2D eigenvalue weighted by molar-refractivity contribution is 7.91. The molecule has 0 radical (unpaired) electrons. The van der Waals surface area contributed by atoms with Crippen molar-refractivity contribution in [1.82, 2.24) is 25.2 Å². The smallest absolute Gasteiger partial charge is 0.410 e. The number of hydrogen-bond acceptors (Lipinski definition) is 9. The predicted molar refractivity (Wildman–Crippen MR) is 192 cm³/mol. The van der Waals surface area contributed by atoms with E-state index < -0.39 is 68.9 Å². The highest BCUT2D eigenvalue weighted by Gasteiger charge is 2.62. The molecule has 290 valence electrons. The average Bonchev–Trinajstić information content (AvgIpc) is 4.01. The van der Waals surface area contributed by atoms with E-state index in [0.717, 1.165) is 62.5 Å². The standard InChI is InChI=1S/C38H53N5O9S/c1-24-10-7-8-11-25-12-9-13-26-20-42(22-30(25)26)37(48)52-28-18-32-33(44)40-38(35(46)41-53(49,50)29-16-17-29)19-27(38)14-5-3-2-4-6-15-31(34(45)43(32)21-28)39-36(47)51-23-24/h9,12-13,24,27-29,31-32H,2-8,10-11,14-23H2,1H3,(H,39,47)(H,40,44)(H,41,46)/t24-,27-,28-,31+,32+,38-/m1/s1. The van der Waals surface area contributed by atoms with Gasteiger partial charge in [-0.2, -0.15) is 0 Å². The average molecular weight is 756 g/mol. The Hall–Kier alpha value is -3.88. The fourth-order valence-electron chi connectivity index (χ4n) is 8.62. The molecule has 7 rings (SSSR count). The lowest BCUT2D eigenvalue weighted by molar-refractivity contribution is -0.141. The molecular weight excluding hydrogens is 703 g/mol. The van der Waals surface area contributed by atoms with E-state index in [4.69, 9.17) is 9.47 Å². The minimum atomic E-state index is -3.87. The molecule has 14 nitrogen and oxygen atoms in total. The van der Waals surface area contributed by atoms with Crippen molar-refractivity contribution >= 4 is 39.9 Å². The second-order valence-corrected chi connectivity index (χ2v) is 18.1. The zero-order chi connectivity index (χ0) is 37.3. The fourth-order valence-corrected chi connectivity index (χ4v) is 9.98. The topological polar surface area (TPSA) is 181 Å². The number of amides is 5.